The Bertz CT molecular complexity index is 753. The van der Waals surface area contributed by atoms with Crippen LogP contribution in [0.2, 0.25) is 0 Å². The van der Waals surface area contributed by atoms with Gasteiger partial charge in [0, 0.05) is 19.2 Å². The molecule has 3 rings (SSSR count). The second-order valence-corrected chi connectivity index (χ2v) is 5.88. The molecule has 7 nitrogen and oxygen atoms in total. The highest BCUT2D eigenvalue weighted by Gasteiger charge is 2.52. The third-order valence-corrected chi connectivity index (χ3v) is 4.20. The molecule has 1 atom stereocenters. The van der Waals surface area contributed by atoms with Crippen LogP contribution in [0.25, 0.3) is 0 Å². The van der Waals surface area contributed by atoms with Crippen molar-refractivity contribution in [2.75, 3.05) is 29.4 Å². The molecule has 9 heteroatoms. The summed E-state index contributed by atoms with van der Waals surface area (Å²) in [5.74, 6) is -5.15. The van der Waals surface area contributed by atoms with Gasteiger partial charge in [-0.2, -0.15) is 8.78 Å². The van der Waals surface area contributed by atoms with E-state index in [0.717, 1.165) is 11.0 Å². The van der Waals surface area contributed by atoms with Crippen LogP contribution < -0.4 is 15.1 Å². The van der Waals surface area contributed by atoms with E-state index in [2.05, 4.69) is 5.32 Å². The molecule has 2 aliphatic rings. The van der Waals surface area contributed by atoms with Gasteiger partial charge in [0.05, 0.1) is 24.3 Å². The number of cyclic esters (lactones) is 1. The Morgan fingerprint density at radius 3 is 2.76 bits per heavy atom. The van der Waals surface area contributed by atoms with E-state index in [1.54, 1.807) is 6.92 Å². The molecule has 0 aromatic heterocycles. The van der Waals surface area contributed by atoms with Gasteiger partial charge in [0.15, 0.2) is 0 Å². The first-order chi connectivity index (χ1) is 11.8. The van der Waals surface area contributed by atoms with Crippen LogP contribution in [0, 0.1) is 0 Å². The van der Waals surface area contributed by atoms with Crippen molar-refractivity contribution >= 4 is 29.3 Å². The van der Waals surface area contributed by atoms with Crippen LogP contribution in [0.4, 0.5) is 25.0 Å². The number of benzene rings is 1. The van der Waals surface area contributed by atoms with Gasteiger partial charge < -0.3 is 15.0 Å². The number of hydrogen-bond acceptors (Lipinski definition) is 4. The van der Waals surface area contributed by atoms with Crippen molar-refractivity contribution in [1.29, 1.82) is 0 Å². The molecule has 2 aliphatic heterocycles. The normalized spacial score (nSPS) is 21.4. The van der Waals surface area contributed by atoms with Crippen molar-refractivity contribution in [2.24, 2.45) is 0 Å². The molecule has 0 saturated carbocycles. The van der Waals surface area contributed by atoms with Crippen molar-refractivity contribution in [3.63, 3.8) is 0 Å². The maximum atomic E-state index is 14.2. The van der Waals surface area contributed by atoms with E-state index >= 15 is 0 Å². The average molecular weight is 353 g/mol. The Morgan fingerprint density at radius 1 is 1.40 bits per heavy atom. The van der Waals surface area contributed by atoms with E-state index in [-0.39, 0.29) is 36.9 Å². The molecule has 0 aliphatic carbocycles. The monoisotopic (exact) mass is 353 g/mol. The molecule has 134 valence electrons. The number of alkyl halides is 2. The van der Waals surface area contributed by atoms with Gasteiger partial charge in [0.2, 0.25) is 5.91 Å². The summed E-state index contributed by atoms with van der Waals surface area (Å²) in [5, 5.41) is 2.54. The van der Waals surface area contributed by atoms with Crippen LogP contribution in [-0.2, 0) is 20.2 Å². The molecule has 0 radical (unpaired) electrons. The highest BCUT2D eigenvalue weighted by Crippen LogP contribution is 2.45. The summed E-state index contributed by atoms with van der Waals surface area (Å²) in [6.45, 7) is 3.34. The molecule has 25 heavy (non-hydrogen) atoms. The van der Waals surface area contributed by atoms with Crippen molar-refractivity contribution in [1.82, 2.24) is 5.32 Å². The van der Waals surface area contributed by atoms with E-state index in [1.807, 2.05) is 0 Å². The predicted octanol–water partition coefficient (Wildman–Crippen LogP) is 1.61. The second kappa shape index (κ2) is 5.98. The van der Waals surface area contributed by atoms with Crippen LogP contribution in [0.15, 0.2) is 18.2 Å². The molecule has 0 bridgehead atoms. The van der Waals surface area contributed by atoms with Crippen molar-refractivity contribution < 1.29 is 27.9 Å². The summed E-state index contributed by atoms with van der Waals surface area (Å²) in [5.41, 5.74) is -0.0573. The quantitative estimate of drug-likeness (QED) is 0.892. The number of carbonyl (C=O) groups is 3. The fourth-order valence-corrected chi connectivity index (χ4v) is 2.98. The number of amides is 3. The number of carbonyl (C=O) groups excluding carboxylic acids is 3. The zero-order valence-corrected chi connectivity index (χ0v) is 13.7. The lowest BCUT2D eigenvalue weighted by Crippen LogP contribution is -2.34. The van der Waals surface area contributed by atoms with Gasteiger partial charge in [-0.25, -0.2) is 4.79 Å². The summed E-state index contributed by atoms with van der Waals surface area (Å²) in [7, 11) is 0. The topological polar surface area (TPSA) is 79.0 Å². The van der Waals surface area contributed by atoms with E-state index < -0.39 is 29.6 Å². The van der Waals surface area contributed by atoms with E-state index in [9.17, 15) is 23.2 Å². The molecule has 1 N–H and O–H groups in total. The Hall–Kier alpha value is -2.71. The molecule has 1 aromatic rings. The maximum Gasteiger partial charge on any atom is 0.414 e. The lowest BCUT2D eigenvalue weighted by atomic mass is 10.1. The number of halogens is 2. The third kappa shape index (κ3) is 2.79. The van der Waals surface area contributed by atoms with E-state index in [4.69, 9.17) is 4.74 Å². The molecule has 1 fully saturated rings. The lowest BCUT2D eigenvalue weighted by molar-refractivity contribution is -0.141. The van der Waals surface area contributed by atoms with Crippen molar-refractivity contribution in [2.45, 2.75) is 25.9 Å². The summed E-state index contributed by atoms with van der Waals surface area (Å²) >= 11 is 0. The van der Waals surface area contributed by atoms with Gasteiger partial charge in [0.25, 0.3) is 0 Å². The summed E-state index contributed by atoms with van der Waals surface area (Å²) in [6.07, 6.45) is -1.26. The number of anilines is 2. The minimum Gasteiger partial charge on any atom is -0.442 e. The smallest absolute Gasteiger partial charge is 0.414 e. The minimum atomic E-state index is -3.62. The first-order valence-corrected chi connectivity index (χ1v) is 7.82. The van der Waals surface area contributed by atoms with Gasteiger partial charge in [-0.1, -0.05) is 0 Å². The fourth-order valence-electron chi connectivity index (χ4n) is 2.98. The highest BCUT2D eigenvalue weighted by molar-refractivity contribution is 6.06. The summed E-state index contributed by atoms with van der Waals surface area (Å²) in [4.78, 5) is 37.0. The number of fused-ring (bicyclic) bond motifs is 1. The van der Waals surface area contributed by atoms with Crippen molar-refractivity contribution in [3.8, 4) is 0 Å². The average Bonchev–Trinajstić information content (AvgIpc) is 3.02. The van der Waals surface area contributed by atoms with Crippen LogP contribution in [0.3, 0.4) is 0 Å². The largest absolute Gasteiger partial charge is 0.442 e. The third-order valence-electron chi connectivity index (χ3n) is 4.20. The molecule has 1 aromatic carbocycles. The Labute approximate surface area is 142 Å². The van der Waals surface area contributed by atoms with Gasteiger partial charge in [-0.15, -0.1) is 0 Å². The van der Waals surface area contributed by atoms with E-state index in [1.165, 1.54) is 24.0 Å². The standard InChI is InChI=1S/C16H17F2N3O4/c1-3-20-13-5-4-10(6-12(13)16(17,18)14(20)23)21-8-11(25-15(21)24)7-19-9(2)22/h4-6,11H,3,7-8H2,1-2H3,(H,19,22)/t11-/m0/s1. The number of ether oxygens (including phenoxy) is 1. The van der Waals surface area contributed by atoms with E-state index in [0.29, 0.717) is 0 Å². The first kappa shape index (κ1) is 17.1. The molecular weight excluding hydrogens is 336 g/mol. The number of hydrogen-bond donors (Lipinski definition) is 1. The number of nitrogens with one attached hydrogen (secondary N) is 1. The highest BCUT2D eigenvalue weighted by atomic mass is 19.3. The molecule has 0 unspecified atom stereocenters. The van der Waals surface area contributed by atoms with Gasteiger partial charge in [-0.05, 0) is 25.1 Å². The molecular formula is C16H17F2N3O4. The fraction of sp³-hybridized carbons (Fsp3) is 0.438. The number of likely N-dealkylation sites (N-methyl/N-ethyl adjacent to an activating group) is 1. The van der Waals surface area contributed by atoms with Crippen LogP contribution in [-0.4, -0.2) is 43.6 Å². The molecule has 3 amide bonds. The Balaban J connectivity index is 1.86. The summed E-state index contributed by atoms with van der Waals surface area (Å²) in [6, 6.07) is 4.05. The maximum absolute atomic E-state index is 14.2. The van der Waals surface area contributed by atoms with Crippen LogP contribution in [0.1, 0.15) is 19.4 Å². The summed E-state index contributed by atoms with van der Waals surface area (Å²) < 4.78 is 33.6. The SMILES string of the molecule is CCN1C(=O)C(F)(F)c2cc(N3C[C@H](CNC(C)=O)OC3=O)ccc21. The van der Waals surface area contributed by atoms with Gasteiger partial charge in [-0.3, -0.25) is 14.5 Å². The number of nitrogens with zero attached hydrogens (tertiary/aromatic N) is 2. The second-order valence-electron chi connectivity index (χ2n) is 5.88. The molecule has 0 spiro atoms. The lowest BCUT2D eigenvalue weighted by Gasteiger charge is -2.16. The zero-order chi connectivity index (χ0) is 18.4. The Kier molecular flexibility index (Phi) is 4.09. The van der Waals surface area contributed by atoms with Gasteiger partial charge >= 0.3 is 17.9 Å². The molecule has 1 saturated heterocycles. The number of rotatable bonds is 4. The van der Waals surface area contributed by atoms with Crippen molar-refractivity contribution in [3.05, 3.63) is 23.8 Å². The zero-order valence-electron chi connectivity index (χ0n) is 13.7. The first-order valence-electron chi connectivity index (χ1n) is 7.82. The van der Waals surface area contributed by atoms with Crippen LogP contribution in [0.5, 0.6) is 0 Å². The van der Waals surface area contributed by atoms with Gasteiger partial charge in [0.1, 0.15) is 6.10 Å². The predicted molar refractivity (Wildman–Crippen MR) is 84.7 cm³/mol. The van der Waals surface area contributed by atoms with Crippen LogP contribution >= 0.6 is 0 Å². The molecule has 2 heterocycles. The minimum absolute atomic E-state index is 0.120. The Morgan fingerprint density at radius 2 is 2.12 bits per heavy atom.